The summed E-state index contributed by atoms with van der Waals surface area (Å²) in [4.78, 5) is 22.5. The van der Waals surface area contributed by atoms with Gasteiger partial charge in [-0.15, -0.1) is 0 Å². The molecule has 172 valence electrons. The van der Waals surface area contributed by atoms with Crippen LogP contribution < -0.4 is 4.72 Å². The highest BCUT2D eigenvalue weighted by molar-refractivity contribution is 7.92. The Morgan fingerprint density at radius 3 is 2.44 bits per heavy atom. The van der Waals surface area contributed by atoms with E-state index in [2.05, 4.69) is 14.8 Å². The number of aromatic amines is 1. The molecule has 2 aromatic carbocycles. The number of hydrogen-bond acceptors (Lipinski definition) is 4. The van der Waals surface area contributed by atoms with Crippen LogP contribution in [0.15, 0.2) is 65.8 Å². The van der Waals surface area contributed by atoms with Crippen LogP contribution in [0.25, 0.3) is 15.9 Å². The summed E-state index contributed by atoms with van der Waals surface area (Å²) < 4.78 is 80.5. The number of aromatic nitrogens is 2. The van der Waals surface area contributed by atoms with Crippen molar-refractivity contribution in [1.82, 2.24) is 9.97 Å². The number of rotatable bonds is 5. The largest absolute Gasteiger partial charge is 0.416 e. The minimum Gasteiger partial charge on any atom is -0.345 e. The fourth-order valence-corrected chi connectivity index (χ4v) is 4.26. The van der Waals surface area contributed by atoms with Crippen molar-refractivity contribution in [2.45, 2.75) is 11.1 Å². The molecule has 0 amide bonds. The first-order valence-corrected chi connectivity index (χ1v) is 10.9. The predicted octanol–water partition coefficient (Wildman–Crippen LogP) is 5.30. The van der Waals surface area contributed by atoms with Crippen molar-refractivity contribution >= 4 is 38.2 Å². The zero-order valence-corrected chi connectivity index (χ0v) is 17.6. The van der Waals surface area contributed by atoms with Crippen LogP contribution in [0.3, 0.4) is 0 Å². The molecule has 0 aliphatic carbocycles. The highest BCUT2D eigenvalue weighted by Crippen LogP contribution is 2.31. The fourth-order valence-electron chi connectivity index (χ4n) is 3.20. The Labute approximate surface area is 189 Å². The number of halogens is 4. The topological polar surface area (TPSA) is 96.3 Å². The maximum absolute atomic E-state index is 15.2. The van der Waals surface area contributed by atoms with Crippen molar-refractivity contribution in [2.75, 3.05) is 4.72 Å². The fraction of sp³-hybridized carbons (Fsp3) is 0.0455. The summed E-state index contributed by atoms with van der Waals surface area (Å²) in [6.07, 6.45) is -2.05. The number of nitrogens with zero attached hydrogens (tertiary/aromatic N) is 2. The molecule has 0 spiro atoms. The Bertz CT molecular complexity index is 1570. The number of benzene rings is 2. The molecule has 2 N–H and O–H groups in total. The maximum atomic E-state index is 15.2. The van der Waals surface area contributed by atoms with Crippen molar-refractivity contribution in [2.24, 2.45) is 0 Å². The third kappa shape index (κ3) is 4.20. The summed E-state index contributed by atoms with van der Waals surface area (Å²) in [5.41, 5.74) is -1.57. The summed E-state index contributed by atoms with van der Waals surface area (Å²) in [6.45, 7) is 7.08. The van der Waals surface area contributed by atoms with Gasteiger partial charge in [-0.1, -0.05) is 6.07 Å². The van der Waals surface area contributed by atoms with Gasteiger partial charge in [0.1, 0.15) is 5.65 Å². The van der Waals surface area contributed by atoms with Gasteiger partial charge in [-0.25, -0.2) is 17.7 Å². The van der Waals surface area contributed by atoms with Crippen LogP contribution in [0, 0.1) is 12.4 Å². The van der Waals surface area contributed by atoms with Gasteiger partial charge in [-0.3, -0.25) is 14.5 Å². The van der Waals surface area contributed by atoms with E-state index in [9.17, 15) is 26.4 Å². The van der Waals surface area contributed by atoms with Crippen LogP contribution in [0.4, 0.5) is 28.9 Å². The molecule has 12 heteroatoms. The molecular weight excluding hydrogens is 476 g/mol. The van der Waals surface area contributed by atoms with Crippen LogP contribution in [0.2, 0.25) is 0 Å². The van der Waals surface area contributed by atoms with Gasteiger partial charge in [0, 0.05) is 23.3 Å². The van der Waals surface area contributed by atoms with Crippen molar-refractivity contribution in [3.63, 3.8) is 0 Å². The van der Waals surface area contributed by atoms with Crippen LogP contribution in [-0.4, -0.2) is 24.2 Å². The van der Waals surface area contributed by atoms with Crippen LogP contribution in [-0.2, 0) is 16.2 Å². The van der Waals surface area contributed by atoms with E-state index >= 15 is 4.39 Å². The zero-order valence-electron chi connectivity index (χ0n) is 16.8. The molecule has 0 saturated carbocycles. The molecule has 4 aromatic rings. The molecule has 0 radical (unpaired) electrons. The number of alkyl halides is 3. The van der Waals surface area contributed by atoms with Crippen molar-refractivity contribution in [1.29, 1.82) is 0 Å². The number of carbonyl (C=O) groups excluding carboxylic acids is 1. The van der Waals surface area contributed by atoms with Crippen molar-refractivity contribution in [3.8, 4) is 0 Å². The number of sulfonamides is 1. The van der Waals surface area contributed by atoms with Gasteiger partial charge in [0.2, 0.25) is 5.69 Å². The average Bonchev–Trinajstić information content (AvgIpc) is 3.22. The monoisotopic (exact) mass is 488 g/mol. The molecule has 7 nitrogen and oxygen atoms in total. The van der Waals surface area contributed by atoms with Crippen LogP contribution in [0.1, 0.15) is 21.5 Å². The molecule has 0 atom stereocenters. The highest BCUT2D eigenvalue weighted by Gasteiger charge is 2.31. The lowest BCUT2D eigenvalue weighted by atomic mass is 10.0. The summed E-state index contributed by atoms with van der Waals surface area (Å²) in [5.74, 6) is -1.96. The molecular formula is C22H12F4N4O3S. The first-order chi connectivity index (χ1) is 16.0. The smallest absolute Gasteiger partial charge is 0.345 e. The standard InChI is InChI=1S/C22H12F4N4O3S/c1-27-13-9-16-17(11-29-21(16)28-10-13)20(31)15-3-2-4-18(19(15)23)30-34(32,33)14-7-5-12(6-8-14)22(24,25)26/h2-11,30H,(H,28,29). The number of fused-ring (bicyclic) bond motifs is 1. The number of carbonyl (C=O) groups is 1. The van der Waals surface area contributed by atoms with E-state index in [0.717, 1.165) is 24.3 Å². The van der Waals surface area contributed by atoms with E-state index in [1.54, 1.807) is 0 Å². The van der Waals surface area contributed by atoms with Crippen LogP contribution in [0.5, 0.6) is 0 Å². The van der Waals surface area contributed by atoms with Gasteiger partial charge in [0.05, 0.1) is 28.3 Å². The summed E-state index contributed by atoms with van der Waals surface area (Å²) in [5, 5.41) is 0.286. The number of anilines is 1. The normalized spacial score (nSPS) is 11.9. The lowest BCUT2D eigenvalue weighted by Gasteiger charge is -2.12. The van der Waals surface area contributed by atoms with E-state index in [-0.39, 0.29) is 16.6 Å². The second-order valence-corrected chi connectivity index (χ2v) is 8.71. The number of nitrogens with one attached hydrogen (secondary N) is 2. The Balaban J connectivity index is 1.67. The first kappa shape index (κ1) is 22.9. The molecule has 4 rings (SSSR count). The molecule has 0 unspecified atom stereocenters. The van der Waals surface area contributed by atoms with Gasteiger partial charge >= 0.3 is 6.18 Å². The number of H-pyrrole nitrogens is 1. The Morgan fingerprint density at radius 1 is 1.09 bits per heavy atom. The number of pyridine rings is 1. The van der Waals surface area contributed by atoms with E-state index in [1.165, 1.54) is 24.5 Å². The molecule has 0 bridgehead atoms. The first-order valence-electron chi connectivity index (χ1n) is 9.39. The van der Waals surface area contributed by atoms with Gasteiger partial charge in [-0.2, -0.15) is 13.2 Å². The molecule has 0 aliphatic rings. The Kier molecular flexibility index (Phi) is 5.58. The van der Waals surface area contributed by atoms with Crippen LogP contribution >= 0.6 is 0 Å². The lowest BCUT2D eigenvalue weighted by molar-refractivity contribution is -0.137. The Hall–Kier alpha value is -4.24. The van der Waals surface area contributed by atoms with E-state index in [1.807, 2.05) is 4.72 Å². The zero-order chi connectivity index (χ0) is 24.7. The predicted molar refractivity (Wildman–Crippen MR) is 114 cm³/mol. The van der Waals surface area contributed by atoms with Crippen molar-refractivity contribution < 1.29 is 30.8 Å². The average molecular weight is 488 g/mol. The minimum atomic E-state index is -4.65. The molecule has 0 fully saturated rings. The van der Waals surface area contributed by atoms with Gasteiger partial charge in [0.25, 0.3) is 10.0 Å². The van der Waals surface area contributed by atoms with Gasteiger partial charge < -0.3 is 4.98 Å². The van der Waals surface area contributed by atoms with Crippen molar-refractivity contribution in [3.05, 3.63) is 94.8 Å². The van der Waals surface area contributed by atoms with E-state index < -0.39 is 49.5 Å². The second kappa shape index (κ2) is 8.27. The number of hydrogen-bond donors (Lipinski definition) is 2. The SMILES string of the molecule is [C-]#[N+]c1cnc2[nH]cc(C(=O)c3cccc(NS(=O)(=O)c4ccc(C(F)(F)F)cc4)c3F)c2c1. The summed E-state index contributed by atoms with van der Waals surface area (Å²) >= 11 is 0. The molecule has 2 aromatic heterocycles. The quantitative estimate of drug-likeness (QED) is 0.226. The third-order valence-electron chi connectivity index (χ3n) is 4.87. The number of ketones is 1. The lowest BCUT2D eigenvalue weighted by Crippen LogP contribution is -2.16. The van der Waals surface area contributed by atoms with Gasteiger partial charge in [0.15, 0.2) is 11.6 Å². The van der Waals surface area contributed by atoms with Gasteiger partial charge in [-0.05, 0) is 42.5 Å². The third-order valence-corrected chi connectivity index (χ3v) is 6.25. The maximum Gasteiger partial charge on any atom is 0.416 e. The summed E-state index contributed by atoms with van der Waals surface area (Å²) in [6, 6.07) is 7.55. The molecule has 0 aliphatic heterocycles. The van der Waals surface area contributed by atoms with E-state index in [4.69, 9.17) is 6.57 Å². The second-order valence-electron chi connectivity index (χ2n) is 7.03. The molecule has 0 saturated heterocycles. The minimum absolute atomic E-state index is 0.0228. The van der Waals surface area contributed by atoms with E-state index in [0.29, 0.717) is 17.8 Å². The summed E-state index contributed by atoms with van der Waals surface area (Å²) in [7, 11) is -4.46. The Morgan fingerprint density at radius 2 is 1.79 bits per heavy atom. The highest BCUT2D eigenvalue weighted by atomic mass is 32.2. The molecule has 2 heterocycles. The molecule has 34 heavy (non-hydrogen) atoms.